The molecule has 1 amide bonds. The first-order valence-corrected chi connectivity index (χ1v) is 18.4. The molecule has 9 heterocycles. The minimum absolute atomic E-state index is 0.0351. The third-order valence-electron chi connectivity index (χ3n) is 11.5. The summed E-state index contributed by atoms with van der Waals surface area (Å²) in [5, 5.41) is 14.5. The van der Waals surface area contributed by atoms with Crippen molar-refractivity contribution in [3.8, 4) is 16.9 Å². The molecule has 4 saturated heterocycles. The summed E-state index contributed by atoms with van der Waals surface area (Å²) in [5.41, 5.74) is 4.21. The van der Waals surface area contributed by atoms with Crippen molar-refractivity contribution in [2.75, 3.05) is 55.4 Å². The minimum Gasteiger partial charge on any atom is -0.350 e. The standard InChI is InChI=1S/C38H39F2N13O/c1-48-19-23-16-24(20-48)52(23)38-45-34(26-17-42-53(35(26)46-38)30-10-9-21(39)14-27(30)40)51-18-22-15-32(51)36(54)49(2)13-5-8-31-33-25(6-4-7-29(33)47-50(31)3)28-11-12-41-37(43-22)44-28/h4,6-7,9-12,14,17,22-24,32H,5,8,13,15-16,18-20H2,1-3H3,(H,41,43,44)/t22?,23?,24?,32-/m0/s1. The van der Waals surface area contributed by atoms with E-state index in [1.807, 2.05) is 46.8 Å². The van der Waals surface area contributed by atoms with Gasteiger partial charge < -0.3 is 24.9 Å². The highest BCUT2D eigenvalue weighted by molar-refractivity contribution is 5.96. The number of anilines is 3. The number of hydrogen-bond acceptors (Lipinski definition) is 11. The van der Waals surface area contributed by atoms with E-state index < -0.39 is 17.7 Å². The van der Waals surface area contributed by atoms with E-state index in [4.69, 9.17) is 20.1 Å². The Kier molecular flexibility index (Phi) is 7.54. The lowest BCUT2D eigenvalue weighted by Crippen LogP contribution is -2.68. The Bertz CT molecular complexity index is 2450. The first-order valence-electron chi connectivity index (χ1n) is 18.4. The van der Waals surface area contributed by atoms with Crippen molar-refractivity contribution < 1.29 is 13.6 Å². The highest BCUT2D eigenvalue weighted by Crippen LogP contribution is 2.40. The molecule has 54 heavy (non-hydrogen) atoms. The van der Waals surface area contributed by atoms with E-state index in [0.29, 0.717) is 48.3 Å². The van der Waals surface area contributed by atoms with Crippen molar-refractivity contribution in [2.45, 2.75) is 49.9 Å². The predicted octanol–water partition coefficient (Wildman–Crippen LogP) is 3.79. The van der Waals surface area contributed by atoms with Gasteiger partial charge in [0.15, 0.2) is 11.5 Å². The zero-order valence-corrected chi connectivity index (χ0v) is 30.2. The van der Waals surface area contributed by atoms with E-state index in [2.05, 4.69) is 38.3 Å². The summed E-state index contributed by atoms with van der Waals surface area (Å²) < 4.78 is 32.6. The second-order valence-electron chi connectivity index (χ2n) is 15.1. The summed E-state index contributed by atoms with van der Waals surface area (Å²) in [6.07, 6.45) is 6.32. The summed E-state index contributed by atoms with van der Waals surface area (Å²) in [7, 11) is 5.92. The van der Waals surface area contributed by atoms with Gasteiger partial charge in [-0.25, -0.2) is 23.4 Å². The molecule has 4 fully saturated rings. The van der Waals surface area contributed by atoms with Crippen LogP contribution in [-0.2, 0) is 18.3 Å². The maximum atomic E-state index is 15.3. The molecule has 14 nitrogen and oxygen atoms in total. The number of fused-ring (bicyclic) bond motifs is 8. The summed E-state index contributed by atoms with van der Waals surface area (Å²) >= 11 is 0. The number of halogens is 2. The molecule has 0 saturated carbocycles. The second kappa shape index (κ2) is 12.4. The molecule has 4 aromatic heterocycles. The van der Waals surface area contributed by atoms with E-state index in [1.54, 1.807) is 12.4 Å². The zero-order valence-electron chi connectivity index (χ0n) is 30.2. The second-order valence-corrected chi connectivity index (χ2v) is 15.1. The van der Waals surface area contributed by atoms with Gasteiger partial charge in [0.05, 0.1) is 22.8 Å². The Morgan fingerprint density at radius 3 is 2.63 bits per heavy atom. The van der Waals surface area contributed by atoms with Gasteiger partial charge in [-0.1, -0.05) is 12.1 Å². The van der Waals surface area contributed by atoms with Crippen LogP contribution >= 0.6 is 0 Å². The SMILES string of the molecule is CN1CC2CC(C1)N2c1nc(N2CC3C[C@H]2C(=O)N(C)CCCc2c4c(cccc4nn2C)-c2ccnc(n2)N3)c2cnn(-c3ccc(F)cc3F)c2n1. The highest BCUT2D eigenvalue weighted by Gasteiger charge is 2.46. The number of amides is 1. The number of aryl methyl sites for hydroxylation is 2. The average molecular weight is 732 g/mol. The fourth-order valence-corrected chi connectivity index (χ4v) is 9.02. The van der Waals surface area contributed by atoms with E-state index in [9.17, 15) is 9.18 Å². The molecule has 5 aliphatic rings. The molecule has 11 rings (SSSR count). The van der Waals surface area contributed by atoms with E-state index in [1.165, 1.54) is 16.8 Å². The van der Waals surface area contributed by atoms with Crippen LogP contribution in [0.2, 0.25) is 0 Å². The number of piperazine rings is 1. The third kappa shape index (κ3) is 5.25. The maximum absolute atomic E-state index is 15.3. The van der Waals surface area contributed by atoms with Gasteiger partial charge in [0.2, 0.25) is 17.8 Å². The van der Waals surface area contributed by atoms with Crippen molar-refractivity contribution in [1.29, 1.82) is 0 Å². The van der Waals surface area contributed by atoms with E-state index in [0.717, 1.165) is 66.3 Å². The zero-order chi connectivity index (χ0) is 36.8. The molecule has 5 aliphatic heterocycles. The van der Waals surface area contributed by atoms with Crippen LogP contribution in [0.15, 0.2) is 54.9 Å². The van der Waals surface area contributed by atoms with Crippen LogP contribution < -0.4 is 15.1 Å². The number of benzene rings is 2. The lowest BCUT2D eigenvalue weighted by Gasteiger charge is -2.55. The molecule has 6 aromatic rings. The van der Waals surface area contributed by atoms with Gasteiger partial charge in [0.1, 0.15) is 23.4 Å². The van der Waals surface area contributed by atoms with Crippen LogP contribution in [0.25, 0.3) is 38.9 Å². The van der Waals surface area contributed by atoms with Crippen LogP contribution in [-0.4, -0.2) is 120 Å². The number of rotatable bonds is 3. The Labute approximate surface area is 309 Å². The van der Waals surface area contributed by atoms with Crippen LogP contribution in [0.1, 0.15) is 25.0 Å². The Morgan fingerprint density at radius 2 is 1.80 bits per heavy atom. The number of piperidine rings is 1. The first kappa shape index (κ1) is 32.8. The van der Waals surface area contributed by atoms with Gasteiger partial charge >= 0.3 is 0 Å². The molecule has 3 unspecified atom stereocenters. The van der Waals surface area contributed by atoms with Crippen molar-refractivity contribution in [1.82, 2.24) is 49.3 Å². The summed E-state index contributed by atoms with van der Waals surface area (Å²) in [4.78, 5) is 42.7. The van der Waals surface area contributed by atoms with Crippen molar-refractivity contribution in [3.63, 3.8) is 0 Å². The fraction of sp³-hybridized carbons (Fsp3) is 0.395. The summed E-state index contributed by atoms with van der Waals surface area (Å²) in [6.45, 7) is 2.70. The Hall–Kier alpha value is -5.77. The van der Waals surface area contributed by atoms with Gasteiger partial charge in [-0.3, -0.25) is 9.48 Å². The smallest absolute Gasteiger partial charge is 0.245 e. The molecule has 0 radical (unpaired) electrons. The van der Waals surface area contributed by atoms with Crippen LogP contribution in [0.3, 0.4) is 0 Å². The first-order chi connectivity index (χ1) is 26.2. The normalized spacial score (nSPS) is 23.1. The quantitative estimate of drug-likeness (QED) is 0.286. The molecule has 4 atom stereocenters. The van der Waals surface area contributed by atoms with Crippen molar-refractivity contribution >= 4 is 45.6 Å². The van der Waals surface area contributed by atoms with E-state index in [-0.39, 0.29) is 29.7 Å². The van der Waals surface area contributed by atoms with Crippen LogP contribution in [0.4, 0.5) is 26.5 Å². The van der Waals surface area contributed by atoms with Gasteiger partial charge in [0.25, 0.3) is 0 Å². The van der Waals surface area contributed by atoms with Gasteiger partial charge in [-0.05, 0) is 57.0 Å². The lowest BCUT2D eigenvalue weighted by molar-refractivity contribution is -0.131. The van der Waals surface area contributed by atoms with Crippen molar-refractivity contribution in [3.05, 3.63) is 72.2 Å². The predicted molar refractivity (Wildman–Crippen MR) is 200 cm³/mol. The van der Waals surface area contributed by atoms with E-state index >= 15 is 4.39 Å². The Balaban J connectivity index is 1.09. The van der Waals surface area contributed by atoms with Crippen molar-refractivity contribution in [2.24, 2.45) is 7.05 Å². The van der Waals surface area contributed by atoms with Gasteiger partial charge in [0, 0.05) is 87.3 Å². The van der Waals surface area contributed by atoms with Gasteiger partial charge in [-0.2, -0.15) is 20.2 Å². The van der Waals surface area contributed by atoms with Crippen LogP contribution in [0, 0.1) is 11.6 Å². The number of likely N-dealkylation sites (N-methyl/N-ethyl adjacent to an activating group) is 2. The number of aromatic nitrogens is 8. The largest absolute Gasteiger partial charge is 0.350 e. The molecule has 2 aromatic carbocycles. The summed E-state index contributed by atoms with van der Waals surface area (Å²) in [5.74, 6) is 0.0373. The third-order valence-corrected chi connectivity index (χ3v) is 11.5. The Morgan fingerprint density at radius 1 is 0.944 bits per heavy atom. The maximum Gasteiger partial charge on any atom is 0.245 e. The lowest BCUT2D eigenvalue weighted by atomic mass is 9.88. The molecule has 6 bridgehead atoms. The molecule has 16 heteroatoms. The molecule has 276 valence electrons. The number of hydrogen-bond donors (Lipinski definition) is 1. The molecule has 1 N–H and O–H groups in total. The number of nitrogens with zero attached hydrogens (tertiary/aromatic N) is 12. The fourth-order valence-electron chi connectivity index (χ4n) is 9.02. The monoisotopic (exact) mass is 731 g/mol. The molecular weight excluding hydrogens is 693 g/mol. The molecule has 0 spiro atoms. The average Bonchev–Trinajstić information content (AvgIpc) is 3.85. The topological polar surface area (TPSA) is 129 Å². The number of carbonyl (C=O) groups is 1. The number of nitrogens with one attached hydrogen (secondary N) is 1. The molecule has 0 aliphatic carbocycles. The van der Waals surface area contributed by atoms with Gasteiger partial charge in [-0.15, -0.1) is 0 Å². The minimum atomic E-state index is -0.755. The summed E-state index contributed by atoms with van der Waals surface area (Å²) in [6, 6.07) is 11.1. The molecular formula is C38H39F2N13O. The highest BCUT2D eigenvalue weighted by atomic mass is 19.1. The number of carbonyl (C=O) groups excluding carboxylic acids is 1. The van der Waals surface area contributed by atoms with Crippen LogP contribution in [0.5, 0.6) is 0 Å².